The van der Waals surface area contributed by atoms with Crippen molar-refractivity contribution in [2.24, 2.45) is 0 Å². The maximum absolute atomic E-state index is 6.24. The first kappa shape index (κ1) is 15.8. The number of rotatable bonds is 6. The van der Waals surface area contributed by atoms with E-state index in [1.165, 1.54) is 11.1 Å². The standard InChI is InChI=1S/C19H20ClN3/c1-15(18-9-5-6-10-19(18)20)21-11-17-12-22-23(14-17)13-16-7-3-2-4-8-16/h2-10,12,14-15,21H,11,13H2,1H3. The molecular formula is C19H20ClN3. The zero-order chi connectivity index (χ0) is 16.1. The van der Waals surface area contributed by atoms with Crippen LogP contribution in [0.3, 0.4) is 0 Å². The molecule has 0 fully saturated rings. The number of halogens is 1. The molecule has 1 unspecified atom stereocenters. The van der Waals surface area contributed by atoms with Crippen molar-refractivity contribution in [2.75, 3.05) is 0 Å². The van der Waals surface area contributed by atoms with E-state index >= 15 is 0 Å². The molecule has 1 atom stereocenters. The first-order chi connectivity index (χ1) is 11.2. The minimum atomic E-state index is 0.196. The second kappa shape index (κ2) is 7.44. The van der Waals surface area contributed by atoms with Gasteiger partial charge in [0.2, 0.25) is 0 Å². The van der Waals surface area contributed by atoms with Crippen LogP contribution in [-0.4, -0.2) is 9.78 Å². The molecule has 1 heterocycles. The predicted octanol–water partition coefficient (Wildman–Crippen LogP) is 4.44. The molecule has 0 saturated carbocycles. The Kier molecular flexibility index (Phi) is 5.11. The van der Waals surface area contributed by atoms with Crippen molar-refractivity contribution in [1.82, 2.24) is 15.1 Å². The van der Waals surface area contributed by atoms with E-state index in [0.717, 1.165) is 23.7 Å². The van der Waals surface area contributed by atoms with E-state index in [1.54, 1.807) is 0 Å². The van der Waals surface area contributed by atoms with Crippen LogP contribution in [0.15, 0.2) is 67.0 Å². The van der Waals surface area contributed by atoms with E-state index in [1.807, 2.05) is 47.3 Å². The molecule has 0 saturated heterocycles. The SMILES string of the molecule is CC(NCc1cnn(Cc2ccccc2)c1)c1ccccc1Cl. The zero-order valence-corrected chi connectivity index (χ0v) is 13.9. The zero-order valence-electron chi connectivity index (χ0n) is 13.1. The van der Waals surface area contributed by atoms with E-state index in [4.69, 9.17) is 11.6 Å². The van der Waals surface area contributed by atoms with Gasteiger partial charge in [-0.25, -0.2) is 0 Å². The predicted molar refractivity (Wildman–Crippen MR) is 94.5 cm³/mol. The molecule has 23 heavy (non-hydrogen) atoms. The normalized spacial score (nSPS) is 12.3. The lowest BCUT2D eigenvalue weighted by atomic mass is 10.1. The highest BCUT2D eigenvalue weighted by atomic mass is 35.5. The van der Waals surface area contributed by atoms with Crippen molar-refractivity contribution in [1.29, 1.82) is 0 Å². The van der Waals surface area contributed by atoms with E-state index in [9.17, 15) is 0 Å². The average molecular weight is 326 g/mol. The quantitative estimate of drug-likeness (QED) is 0.726. The molecule has 0 aliphatic rings. The van der Waals surface area contributed by atoms with Gasteiger partial charge in [0.1, 0.15) is 0 Å². The second-order valence-corrected chi connectivity index (χ2v) is 6.06. The summed E-state index contributed by atoms with van der Waals surface area (Å²) in [5.74, 6) is 0. The molecule has 0 aliphatic carbocycles. The molecule has 0 aliphatic heterocycles. The van der Waals surface area contributed by atoms with Crippen LogP contribution in [0.2, 0.25) is 5.02 Å². The molecule has 3 aromatic rings. The molecule has 1 N–H and O–H groups in total. The molecule has 2 aromatic carbocycles. The number of nitrogens with zero attached hydrogens (tertiary/aromatic N) is 2. The van der Waals surface area contributed by atoms with Crippen molar-refractivity contribution in [3.63, 3.8) is 0 Å². The van der Waals surface area contributed by atoms with Crippen LogP contribution in [-0.2, 0) is 13.1 Å². The molecule has 0 spiro atoms. The lowest BCUT2D eigenvalue weighted by Gasteiger charge is -2.14. The van der Waals surface area contributed by atoms with E-state index in [0.29, 0.717) is 0 Å². The number of hydrogen-bond acceptors (Lipinski definition) is 2. The van der Waals surface area contributed by atoms with Crippen molar-refractivity contribution in [2.45, 2.75) is 26.1 Å². The second-order valence-electron chi connectivity index (χ2n) is 5.66. The third-order valence-electron chi connectivity index (χ3n) is 3.86. The van der Waals surface area contributed by atoms with Gasteiger partial charge in [0.05, 0.1) is 12.7 Å². The Morgan fingerprint density at radius 1 is 1.04 bits per heavy atom. The fraction of sp³-hybridized carbons (Fsp3) is 0.211. The highest BCUT2D eigenvalue weighted by Gasteiger charge is 2.09. The highest BCUT2D eigenvalue weighted by molar-refractivity contribution is 6.31. The van der Waals surface area contributed by atoms with Gasteiger partial charge < -0.3 is 5.32 Å². The third kappa shape index (κ3) is 4.21. The summed E-state index contributed by atoms with van der Waals surface area (Å²) in [4.78, 5) is 0. The monoisotopic (exact) mass is 325 g/mol. The Hall–Kier alpha value is -2.10. The molecule has 3 nitrogen and oxygen atoms in total. The molecule has 3 rings (SSSR count). The van der Waals surface area contributed by atoms with Gasteiger partial charge in [-0.2, -0.15) is 5.10 Å². The van der Waals surface area contributed by atoms with Gasteiger partial charge >= 0.3 is 0 Å². The maximum Gasteiger partial charge on any atom is 0.0659 e. The topological polar surface area (TPSA) is 29.9 Å². The summed E-state index contributed by atoms with van der Waals surface area (Å²) < 4.78 is 1.96. The lowest BCUT2D eigenvalue weighted by molar-refractivity contribution is 0.574. The van der Waals surface area contributed by atoms with E-state index < -0.39 is 0 Å². The summed E-state index contributed by atoms with van der Waals surface area (Å²) >= 11 is 6.24. The molecule has 0 bridgehead atoms. The summed E-state index contributed by atoms with van der Waals surface area (Å²) in [7, 11) is 0. The number of hydrogen-bond donors (Lipinski definition) is 1. The van der Waals surface area contributed by atoms with Crippen LogP contribution in [0, 0.1) is 0 Å². The fourth-order valence-corrected chi connectivity index (χ4v) is 2.86. The molecule has 118 valence electrons. The Morgan fingerprint density at radius 2 is 1.78 bits per heavy atom. The summed E-state index contributed by atoms with van der Waals surface area (Å²) in [6, 6.07) is 18.5. The van der Waals surface area contributed by atoms with Gasteiger partial charge in [0, 0.05) is 29.4 Å². The Bertz CT molecular complexity index is 752. The summed E-state index contributed by atoms with van der Waals surface area (Å²) in [6.45, 7) is 3.68. The van der Waals surface area contributed by atoms with Gasteiger partial charge in [-0.3, -0.25) is 4.68 Å². The van der Waals surface area contributed by atoms with Crippen molar-refractivity contribution < 1.29 is 0 Å². The summed E-state index contributed by atoms with van der Waals surface area (Å²) in [5.41, 5.74) is 3.53. The number of benzene rings is 2. The average Bonchev–Trinajstić information content (AvgIpc) is 3.01. The largest absolute Gasteiger partial charge is 0.306 e. The minimum Gasteiger partial charge on any atom is -0.306 e. The van der Waals surface area contributed by atoms with Crippen LogP contribution in [0.5, 0.6) is 0 Å². The summed E-state index contributed by atoms with van der Waals surface area (Å²) in [6.07, 6.45) is 3.99. The lowest BCUT2D eigenvalue weighted by Crippen LogP contribution is -2.18. The molecule has 0 radical (unpaired) electrons. The minimum absolute atomic E-state index is 0.196. The van der Waals surface area contributed by atoms with E-state index in [-0.39, 0.29) is 6.04 Å². The Labute approximate surface area is 141 Å². The first-order valence-electron chi connectivity index (χ1n) is 7.75. The first-order valence-corrected chi connectivity index (χ1v) is 8.13. The Balaban J connectivity index is 1.58. The fourth-order valence-electron chi connectivity index (χ4n) is 2.56. The van der Waals surface area contributed by atoms with E-state index in [2.05, 4.69) is 41.7 Å². The smallest absolute Gasteiger partial charge is 0.0659 e. The van der Waals surface area contributed by atoms with Crippen molar-refractivity contribution in [3.8, 4) is 0 Å². The van der Waals surface area contributed by atoms with Crippen LogP contribution in [0.4, 0.5) is 0 Å². The van der Waals surface area contributed by atoms with Gasteiger partial charge in [0.15, 0.2) is 0 Å². The van der Waals surface area contributed by atoms with Crippen LogP contribution in [0.1, 0.15) is 29.7 Å². The maximum atomic E-state index is 6.24. The molecule has 1 aromatic heterocycles. The molecule has 4 heteroatoms. The number of aromatic nitrogens is 2. The van der Waals surface area contributed by atoms with Crippen LogP contribution in [0.25, 0.3) is 0 Å². The van der Waals surface area contributed by atoms with Crippen molar-refractivity contribution in [3.05, 3.63) is 88.7 Å². The highest BCUT2D eigenvalue weighted by Crippen LogP contribution is 2.22. The van der Waals surface area contributed by atoms with Crippen LogP contribution < -0.4 is 5.32 Å². The van der Waals surface area contributed by atoms with Gasteiger partial charge in [-0.15, -0.1) is 0 Å². The van der Waals surface area contributed by atoms with Crippen molar-refractivity contribution >= 4 is 11.6 Å². The van der Waals surface area contributed by atoms with Gasteiger partial charge in [0.25, 0.3) is 0 Å². The summed E-state index contributed by atoms with van der Waals surface area (Å²) in [5, 5.41) is 8.72. The van der Waals surface area contributed by atoms with Gasteiger partial charge in [-0.1, -0.05) is 60.1 Å². The Morgan fingerprint density at radius 3 is 2.57 bits per heavy atom. The molecule has 0 amide bonds. The van der Waals surface area contributed by atoms with Crippen LogP contribution >= 0.6 is 11.6 Å². The third-order valence-corrected chi connectivity index (χ3v) is 4.20. The molecular weight excluding hydrogens is 306 g/mol. The van der Waals surface area contributed by atoms with Gasteiger partial charge in [-0.05, 0) is 24.1 Å². The number of nitrogens with one attached hydrogen (secondary N) is 1.